The van der Waals surface area contributed by atoms with Crippen LogP contribution < -0.4 is 20.2 Å². The molecule has 0 saturated carbocycles. The Balaban J connectivity index is 1.45. The first-order valence-electron chi connectivity index (χ1n) is 11.9. The average molecular weight is 556 g/mol. The van der Waals surface area contributed by atoms with E-state index in [4.69, 9.17) is 21.1 Å². The van der Waals surface area contributed by atoms with Crippen molar-refractivity contribution in [2.75, 3.05) is 6.54 Å². The highest BCUT2D eigenvalue weighted by Gasteiger charge is 2.15. The van der Waals surface area contributed by atoms with Crippen LogP contribution in [0.3, 0.4) is 0 Å². The molecule has 0 heterocycles. The number of ether oxygens (including phenoxy) is 2. The number of hydrazone groups is 1. The molecule has 4 aromatic rings. The molecule has 0 atom stereocenters. The minimum atomic E-state index is -0.645. The Hall–Kier alpha value is -5.28. The molecule has 0 unspecified atom stereocenters. The van der Waals surface area contributed by atoms with Crippen LogP contribution in [-0.4, -0.2) is 36.5 Å². The molecule has 0 bridgehead atoms. The topological polar surface area (TPSA) is 123 Å². The lowest BCUT2D eigenvalue weighted by atomic mass is 10.2. The lowest BCUT2D eigenvalue weighted by molar-refractivity contribution is -0.120. The number of hydrogen-bond donors (Lipinski definition) is 2. The third-order valence-corrected chi connectivity index (χ3v) is 5.67. The second kappa shape index (κ2) is 13.5. The van der Waals surface area contributed by atoms with Crippen molar-refractivity contribution in [3.63, 3.8) is 0 Å². The van der Waals surface area contributed by atoms with E-state index in [0.717, 1.165) is 0 Å². The van der Waals surface area contributed by atoms with Gasteiger partial charge in [-0.05, 0) is 48.5 Å². The summed E-state index contributed by atoms with van der Waals surface area (Å²) in [6.07, 6.45) is 1.25. The Kier molecular flexibility index (Phi) is 9.36. The number of amides is 2. The molecule has 0 aromatic heterocycles. The Morgan fingerprint density at radius 1 is 0.750 bits per heavy atom. The van der Waals surface area contributed by atoms with Gasteiger partial charge in [-0.3, -0.25) is 9.59 Å². The number of carbonyl (C=O) groups is 4. The Morgan fingerprint density at radius 3 is 2.00 bits per heavy atom. The van der Waals surface area contributed by atoms with Gasteiger partial charge in [-0.1, -0.05) is 60.1 Å². The van der Waals surface area contributed by atoms with E-state index in [0.29, 0.717) is 16.7 Å². The molecule has 0 aliphatic rings. The van der Waals surface area contributed by atoms with E-state index in [1.54, 1.807) is 78.9 Å². The first-order valence-corrected chi connectivity index (χ1v) is 12.3. The third kappa shape index (κ3) is 7.62. The van der Waals surface area contributed by atoms with Crippen molar-refractivity contribution in [2.45, 2.75) is 0 Å². The summed E-state index contributed by atoms with van der Waals surface area (Å²) in [4.78, 5) is 49.6. The highest BCUT2D eigenvalue weighted by atomic mass is 35.5. The average Bonchev–Trinajstić information content (AvgIpc) is 2.98. The van der Waals surface area contributed by atoms with Crippen LogP contribution in [0, 0.1) is 0 Å². The number of rotatable bonds is 9. The maximum atomic E-state index is 12.7. The number of halogens is 1. The van der Waals surface area contributed by atoms with Gasteiger partial charge in [0, 0.05) is 11.6 Å². The van der Waals surface area contributed by atoms with Crippen LogP contribution in [-0.2, 0) is 4.79 Å². The number of hydrogen-bond acceptors (Lipinski definition) is 7. The molecule has 9 nitrogen and oxygen atoms in total. The van der Waals surface area contributed by atoms with Crippen LogP contribution in [0.15, 0.2) is 108 Å². The zero-order valence-electron chi connectivity index (χ0n) is 20.9. The van der Waals surface area contributed by atoms with E-state index in [-0.39, 0.29) is 28.6 Å². The van der Waals surface area contributed by atoms with Gasteiger partial charge in [0.05, 0.1) is 34.5 Å². The van der Waals surface area contributed by atoms with Gasteiger partial charge in [-0.15, -0.1) is 0 Å². The van der Waals surface area contributed by atoms with E-state index in [2.05, 4.69) is 15.8 Å². The molecule has 0 saturated heterocycles. The van der Waals surface area contributed by atoms with Crippen LogP contribution in [0.1, 0.15) is 36.6 Å². The van der Waals surface area contributed by atoms with Crippen molar-refractivity contribution in [1.29, 1.82) is 0 Å². The van der Waals surface area contributed by atoms with Gasteiger partial charge in [0.15, 0.2) is 0 Å². The Morgan fingerprint density at radius 2 is 1.35 bits per heavy atom. The summed E-state index contributed by atoms with van der Waals surface area (Å²) in [5.41, 5.74) is 3.49. The third-order valence-electron chi connectivity index (χ3n) is 5.34. The second-order valence-corrected chi connectivity index (χ2v) is 8.57. The molecule has 4 rings (SSSR count). The van der Waals surface area contributed by atoms with Crippen LogP contribution in [0.4, 0.5) is 0 Å². The first kappa shape index (κ1) is 27.7. The van der Waals surface area contributed by atoms with Gasteiger partial charge in [0.25, 0.3) is 11.8 Å². The summed E-state index contributed by atoms with van der Waals surface area (Å²) in [6, 6.07) is 27.6. The molecule has 200 valence electrons. The molecule has 4 aromatic carbocycles. The van der Waals surface area contributed by atoms with E-state index in [1.165, 1.54) is 30.5 Å². The van der Waals surface area contributed by atoms with Crippen molar-refractivity contribution in [3.8, 4) is 11.5 Å². The first-order chi connectivity index (χ1) is 19.4. The summed E-state index contributed by atoms with van der Waals surface area (Å²) in [5.74, 6) is -2.18. The largest absolute Gasteiger partial charge is 0.423 e. The molecule has 10 heteroatoms. The van der Waals surface area contributed by atoms with E-state index in [1.807, 2.05) is 0 Å². The lowest BCUT2D eigenvalue weighted by Gasteiger charge is -2.11. The highest BCUT2D eigenvalue weighted by molar-refractivity contribution is 6.33. The summed E-state index contributed by atoms with van der Waals surface area (Å²) >= 11 is 6.00. The SMILES string of the molecule is O=C(CNC(=O)c1ccccc1Cl)N/N=C/c1ccc(OC(=O)c2ccccc2)cc1OC(=O)c1ccccc1. The molecule has 40 heavy (non-hydrogen) atoms. The zero-order valence-corrected chi connectivity index (χ0v) is 21.6. The standard InChI is InChI=1S/C30H22ClN3O6/c31-25-14-8-7-13-24(25)28(36)32-19-27(35)34-33-18-22-15-16-23(39-29(37)20-9-3-1-4-10-20)17-26(22)40-30(38)21-11-5-2-6-12-21/h1-18H,19H2,(H,32,36)(H,34,35)/b33-18+. The molecule has 0 fully saturated rings. The number of carbonyl (C=O) groups excluding carboxylic acids is 4. The van der Waals surface area contributed by atoms with Gasteiger partial charge in [0.1, 0.15) is 11.5 Å². The number of nitrogens with zero attached hydrogens (tertiary/aromatic N) is 1. The fraction of sp³-hybridized carbons (Fsp3) is 0.0333. The fourth-order valence-electron chi connectivity index (χ4n) is 3.36. The van der Waals surface area contributed by atoms with Crippen LogP contribution in [0.2, 0.25) is 5.02 Å². The van der Waals surface area contributed by atoms with E-state index in [9.17, 15) is 19.2 Å². The van der Waals surface area contributed by atoms with E-state index >= 15 is 0 Å². The summed E-state index contributed by atoms with van der Waals surface area (Å²) in [5, 5.41) is 6.60. The van der Waals surface area contributed by atoms with Gasteiger partial charge in [0.2, 0.25) is 0 Å². The molecule has 2 amide bonds. The highest BCUT2D eigenvalue weighted by Crippen LogP contribution is 2.26. The van der Waals surface area contributed by atoms with Crippen molar-refractivity contribution in [1.82, 2.24) is 10.7 Å². The smallest absolute Gasteiger partial charge is 0.343 e. The van der Waals surface area contributed by atoms with Crippen molar-refractivity contribution in [2.24, 2.45) is 5.10 Å². The predicted molar refractivity (Wildman–Crippen MR) is 149 cm³/mol. The number of benzene rings is 4. The molecule has 0 aliphatic heterocycles. The van der Waals surface area contributed by atoms with Gasteiger partial charge >= 0.3 is 11.9 Å². The summed E-state index contributed by atoms with van der Waals surface area (Å²) in [7, 11) is 0. The molecule has 0 spiro atoms. The zero-order chi connectivity index (χ0) is 28.3. The molecule has 2 N–H and O–H groups in total. The van der Waals surface area contributed by atoms with Crippen LogP contribution in [0.25, 0.3) is 0 Å². The summed E-state index contributed by atoms with van der Waals surface area (Å²) in [6.45, 7) is -0.356. The Labute approximate surface area is 234 Å². The van der Waals surface area contributed by atoms with Crippen molar-refractivity contribution >= 4 is 41.6 Å². The van der Waals surface area contributed by atoms with Crippen molar-refractivity contribution < 1.29 is 28.7 Å². The normalized spacial score (nSPS) is 10.5. The van der Waals surface area contributed by atoms with Crippen molar-refractivity contribution in [3.05, 3.63) is 130 Å². The number of esters is 2. The minimum absolute atomic E-state index is 0.0391. The maximum Gasteiger partial charge on any atom is 0.343 e. The van der Waals surface area contributed by atoms with Gasteiger partial charge < -0.3 is 14.8 Å². The summed E-state index contributed by atoms with van der Waals surface area (Å²) < 4.78 is 11.0. The molecular weight excluding hydrogens is 534 g/mol. The molecule has 0 radical (unpaired) electrons. The molecular formula is C30H22ClN3O6. The maximum absolute atomic E-state index is 12.7. The lowest BCUT2D eigenvalue weighted by Crippen LogP contribution is -2.35. The van der Waals surface area contributed by atoms with Crippen LogP contribution in [0.5, 0.6) is 11.5 Å². The van der Waals surface area contributed by atoms with Gasteiger partial charge in [-0.25, -0.2) is 15.0 Å². The van der Waals surface area contributed by atoms with Gasteiger partial charge in [-0.2, -0.15) is 5.10 Å². The number of nitrogens with one attached hydrogen (secondary N) is 2. The predicted octanol–water partition coefficient (Wildman–Crippen LogP) is 4.66. The van der Waals surface area contributed by atoms with E-state index < -0.39 is 23.8 Å². The Bertz CT molecular complexity index is 1560. The minimum Gasteiger partial charge on any atom is -0.423 e. The fourth-order valence-corrected chi connectivity index (χ4v) is 3.58. The second-order valence-electron chi connectivity index (χ2n) is 8.17. The molecule has 0 aliphatic carbocycles. The quantitative estimate of drug-likeness (QED) is 0.134. The van der Waals surface area contributed by atoms with Crippen LogP contribution >= 0.6 is 11.6 Å². The monoisotopic (exact) mass is 555 g/mol.